The molecule has 4 aliphatic rings. The minimum atomic E-state index is -0.420. The number of fused-ring (bicyclic) bond motifs is 5. The molecule has 174 valence electrons. The number of hydrazine groups is 1. The van der Waals surface area contributed by atoms with Gasteiger partial charge in [0.05, 0.1) is 12.7 Å². The number of allylic oxidation sites excluding steroid dienone is 3. The largest absolute Gasteiger partial charge is 0.449 e. The van der Waals surface area contributed by atoms with Crippen molar-refractivity contribution in [3.63, 3.8) is 0 Å². The third kappa shape index (κ3) is 3.71. The minimum Gasteiger partial charge on any atom is -0.449 e. The van der Waals surface area contributed by atoms with Gasteiger partial charge in [-0.25, -0.2) is 10.2 Å². The lowest BCUT2D eigenvalue weighted by Crippen LogP contribution is -2.49. The molecule has 0 saturated heterocycles. The second-order valence-electron chi connectivity index (χ2n) is 11.0. The highest BCUT2D eigenvalue weighted by atomic mass is 16.5. The van der Waals surface area contributed by atoms with E-state index in [4.69, 9.17) is 4.74 Å². The van der Waals surface area contributed by atoms with Crippen LogP contribution in [0.5, 0.6) is 0 Å². The molecule has 7 unspecified atom stereocenters. The van der Waals surface area contributed by atoms with Gasteiger partial charge in [-0.1, -0.05) is 32.4 Å². The van der Waals surface area contributed by atoms with Gasteiger partial charge >= 0.3 is 6.09 Å². The van der Waals surface area contributed by atoms with Gasteiger partial charge in [-0.2, -0.15) is 0 Å². The fourth-order valence-corrected chi connectivity index (χ4v) is 8.11. The summed E-state index contributed by atoms with van der Waals surface area (Å²) in [7, 11) is 0. The van der Waals surface area contributed by atoms with Crippen molar-refractivity contribution in [2.45, 2.75) is 92.1 Å². The molecule has 1 amide bonds. The molecule has 0 aromatic carbocycles. The fourth-order valence-electron chi connectivity index (χ4n) is 8.11. The van der Waals surface area contributed by atoms with E-state index in [0.29, 0.717) is 18.4 Å². The van der Waals surface area contributed by atoms with Gasteiger partial charge in [-0.15, -0.1) is 0 Å². The van der Waals surface area contributed by atoms with Crippen LogP contribution in [0.3, 0.4) is 0 Å². The van der Waals surface area contributed by atoms with Gasteiger partial charge in [0.15, 0.2) is 0 Å². The molecule has 0 aliphatic heterocycles. The Balaban J connectivity index is 1.61. The van der Waals surface area contributed by atoms with Crippen LogP contribution in [0, 0.1) is 34.5 Å². The third-order valence-electron chi connectivity index (χ3n) is 9.55. The van der Waals surface area contributed by atoms with Crippen molar-refractivity contribution in [1.29, 1.82) is 0 Å². The van der Waals surface area contributed by atoms with Crippen LogP contribution in [0.4, 0.5) is 4.79 Å². The SMILES string of the molecule is CCOC(=O)NNC(C)=C1C(CC)CC2C3CC=C4CC(O)CCC4(C)C3CCC12C. The Kier molecular flexibility index (Phi) is 6.19. The van der Waals surface area contributed by atoms with Crippen molar-refractivity contribution in [1.82, 2.24) is 10.9 Å². The highest BCUT2D eigenvalue weighted by molar-refractivity contribution is 5.66. The second-order valence-corrected chi connectivity index (χ2v) is 11.0. The Morgan fingerprint density at radius 3 is 2.61 bits per heavy atom. The molecule has 4 rings (SSSR count). The molecule has 5 nitrogen and oxygen atoms in total. The highest BCUT2D eigenvalue weighted by Gasteiger charge is 2.59. The van der Waals surface area contributed by atoms with E-state index in [2.05, 4.69) is 44.6 Å². The lowest BCUT2D eigenvalue weighted by Gasteiger charge is -2.57. The standard InChI is InChI=1S/C26H42N2O3/c1-6-17-14-22-20-9-8-18-15-19(29)10-12-25(18,4)21(20)11-13-26(22,5)23(17)16(3)27-28-24(30)31-7-2/h8,17,19-22,27,29H,6-7,9-15H2,1-5H3,(H,28,30). The summed E-state index contributed by atoms with van der Waals surface area (Å²) in [5.74, 6) is 2.71. The van der Waals surface area contributed by atoms with Gasteiger partial charge < -0.3 is 15.3 Å². The fraction of sp³-hybridized carbons (Fsp3) is 0.808. The van der Waals surface area contributed by atoms with Gasteiger partial charge in [-0.3, -0.25) is 0 Å². The van der Waals surface area contributed by atoms with Crippen molar-refractivity contribution in [3.05, 3.63) is 22.9 Å². The Hall–Kier alpha value is -1.49. The maximum Gasteiger partial charge on any atom is 0.425 e. The molecular formula is C26H42N2O3. The topological polar surface area (TPSA) is 70.6 Å². The van der Waals surface area contributed by atoms with Crippen molar-refractivity contribution in [3.8, 4) is 0 Å². The summed E-state index contributed by atoms with van der Waals surface area (Å²) in [5.41, 5.74) is 10.5. The molecule has 4 aliphatic carbocycles. The summed E-state index contributed by atoms with van der Waals surface area (Å²) >= 11 is 0. The number of carbonyl (C=O) groups is 1. The number of carbonyl (C=O) groups excluding carboxylic acids is 1. The van der Waals surface area contributed by atoms with Gasteiger partial charge in [0.1, 0.15) is 0 Å². The Labute approximate surface area is 188 Å². The Bertz CT molecular complexity index is 775. The van der Waals surface area contributed by atoms with Gasteiger partial charge in [0.25, 0.3) is 0 Å². The summed E-state index contributed by atoms with van der Waals surface area (Å²) in [6.07, 6.45) is 10.9. The molecule has 31 heavy (non-hydrogen) atoms. The highest BCUT2D eigenvalue weighted by Crippen LogP contribution is 2.67. The molecule has 0 heterocycles. The lowest BCUT2D eigenvalue weighted by molar-refractivity contribution is -0.0274. The zero-order valence-corrected chi connectivity index (χ0v) is 20.1. The predicted octanol–water partition coefficient (Wildman–Crippen LogP) is 5.47. The van der Waals surface area contributed by atoms with Crippen LogP contribution in [0.25, 0.3) is 0 Å². The molecule has 3 saturated carbocycles. The van der Waals surface area contributed by atoms with E-state index >= 15 is 0 Å². The van der Waals surface area contributed by atoms with Crippen LogP contribution in [0.15, 0.2) is 22.9 Å². The summed E-state index contributed by atoms with van der Waals surface area (Å²) in [6.45, 7) is 11.6. The Morgan fingerprint density at radius 1 is 1.16 bits per heavy atom. The molecule has 3 fully saturated rings. The van der Waals surface area contributed by atoms with Crippen LogP contribution in [-0.4, -0.2) is 23.9 Å². The first-order valence-electron chi connectivity index (χ1n) is 12.5. The number of ether oxygens (including phenoxy) is 1. The first-order valence-corrected chi connectivity index (χ1v) is 12.5. The number of aliphatic hydroxyl groups excluding tert-OH is 1. The summed E-state index contributed by atoms with van der Waals surface area (Å²) in [4.78, 5) is 11.8. The molecule has 0 spiro atoms. The van der Waals surface area contributed by atoms with E-state index in [1.165, 1.54) is 36.8 Å². The lowest BCUT2D eigenvalue weighted by atomic mass is 9.48. The third-order valence-corrected chi connectivity index (χ3v) is 9.55. The minimum absolute atomic E-state index is 0.143. The van der Waals surface area contributed by atoms with Crippen LogP contribution in [-0.2, 0) is 4.74 Å². The average Bonchev–Trinajstić information content (AvgIpc) is 3.05. The number of hydrogen-bond acceptors (Lipinski definition) is 4. The average molecular weight is 431 g/mol. The second kappa shape index (κ2) is 8.46. The summed E-state index contributed by atoms with van der Waals surface area (Å²) in [6, 6.07) is 0. The molecule has 7 atom stereocenters. The molecule has 5 heteroatoms. The maximum atomic E-state index is 11.8. The number of rotatable bonds is 4. The number of nitrogens with one attached hydrogen (secondary N) is 2. The van der Waals surface area contributed by atoms with E-state index < -0.39 is 6.09 Å². The number of hydrogen-bond donors (Lipinski definition) is 3. The van der Waals surface area contributed by atoms with E-state index in [1.807, 2.05) is 6.92 Å². The van der Waals surface area contributed by atoms with Crippen LogP contribution < -0.4 is 10.9 Å². The summed E-state index contributed by atoms with van der Waals surface area (Å²) < 4.78 is 5.02. The number of amides is 1. The molecule has 0 aromatic rings. The van der Waals surface area contributed by atoms with Crippen molar-refractivity contribution >= 4 is 6.09 Å². The Morgan fingerprint density at radius 2 is 1.90 bits per heavy atom. The van der Waals surface area contributed by atoms with E-state index in [0.717, 1.165) is 43.2 Å². The molecule has 0 radical (unpaired) electrons. The van der Waals surface area contributed by atoms with E-state index in [1.54, 1.807) is 0 Å². The van der Waals surface area contributed by atoms with E-state index in [-0.39, 0.29) is 16.9 Å². The van der Waals surface area contributed by atoms with Gasteiger partial charge in [0.2, 0.25) is 0 Å². The quantitative estimate of drug-likeness (QED) is 0.408. The van der Waals surface area contributed by atoms with Gasteiger partial charge in [0, 0.05) is 5.70 Å². The molecular weight excluding hydrogens is 388 g/mol. The molecule has 0 bridgehead atoms. The van der Waals surface area contributed by atoms with Crippen LogP contribution in [0.2, 0.25) is 0 Å². The van der Waals surface area contributed by atoms with Crippen molar-refractivity contribution in [2.75, 3.05) is 6.61 Å². The smallest absolute Gasteiger partial charge is 0.425 e. The zero-order valence-electron chi connectivity index (χ0n) is 20.1. The first-order chi connectivity index (χ1) is 14.7. The first kappa shape index (κ1) is 22.7. The predicted molar refractivity (Wildman–Crippen MR) is 123 cm³/mol. The monoisotopic (exact) mass is 430 g/mol. The molecule has 3 N–H and O–H groups in total. The van der Waals surface area contributed by atoms with Gasteiger partial charge in [-0.05, 0) is 105 Å². The van der Waals surface area contributed by atoms with Crippen LogP contribution >= 0.6 is 0 Å². The summed E-state index contributed by atoms with van der Waals surface area (Å²) in [5, 5.41) is 10.2. The maximum absolute atomic E-state index is 11.8. The van der Waals surface area contributed by atoms with Crippen molar-refractivity contribution < 1.29 is 14.6 Å². The normalized spacial score (nSPS) is 43.2. The van der Waals surface area contributed by atoms with E-state index in [9.17, 15) is 9.90 Å². The molecule has 0 aromatic heterocycles. The zero-order chi connectivity index (χ0) is 22.4. The van der Waals surface area contributed by atoms with Crippen molar-refractivity contribution in [2.24, 2.45) is 34.5 Å². The van der Waals surface area contributed by atoms with Crippen LogP contribution in [0.1, 0.15) is 86.0 Å². The number of aliphatic hydroxyl groups is 1.